The largest absolute Gasteiger partial charge is 0.457 e. The van der Waals surface area contributed by atoms with Crippen LogP contribution in [0.15, 0.2) is 64.8 Å². The first-order chi connectivity index (χ1) is 12.1. The molecule has 2 aromatic rings. The number of para-hydroxylation sites is 2. The number of esters is 1. The Morgan fingerprint density at radius 1 is 1.24 bits per heavy atom. The molecule has 0 fully saturated rings. The lowest BCUT2D eigenvalue weighted by molar-refractivity contribution is -0.139. The highest BCUT2D eigenvalue weighted by molar-refractivity contribution is 6.70. The number of allylic oxidation sites excluding steroid dienone is 1. The highest BCUT2D eigenvalue weighted by Gasteiger charge is 2.24. The van der Waals surface area contributed by atoms with E-state index in [4.69, 9.17) is 16.3 Å². The Bertz CT molecular complexity index is 930. The summed E-state index contributed by atoms with van der Waals surface area (Å²) in [5, 5.41) is 12.3. The molecule has 0 aliphatic carbocycles. The first-order valence-corrected chi connectivity index (χ1v) is 7.63. The van der Waals surface area contributed by atoms with Gasteiger partial charge in [-0.25, -0.2) is 14.2 Å². The van der Waals surface area contributed by atoms with Gasteiger partial charge in [-0.1, -0.05) is 35.9 Å². The summed E-state index contributed by atoms with van der Waals surface area (Å²) in [5.41, 5.74) is 1.63. The highest BCUT2D eigenvalue weighted by atomic mass is 35.5. The number of nitrogens with zero attached hydrogens (tertiary/aromatic N) is 2. The molecule has 0 spiro atoms. The third-order valence-electron chi connectivity index (χ3n) is 3.44. The molecule has 0 saturated heterocycles. The summed E-state index contributed by atoms with van der Waals surface area (Å²) in [6.07, 6.45) is 0. The quantitative estimate of drug-likeness (QED) is 0.512. The molecule has 0 atom stereocenters. The third-order valence-corrected chi connectivity index (χ3v) is 3.71. The number of carbonyl (C=O) groups is 1. The van der Waals surface area contributed by atoms with E-state index < -0.39 is 5.97 Å². The zero-order chi connectivity index (χ0) is 17.8. The van der Waals surface area contributed by atoms with Crippen molar-refractivity contribution >= 4 is 34.1 Å². The van der Waals surface area contributed by atoms with Crippen molar-refractivity contribution in [3.05, 3.63) is 71.2 Å². The van der Waals surface area contributed by atoms with Crippen molar-refractivity contribution in [1.29, 1.82) is 5.26 Å². The average Bonchev–Trinajstić information content (AvgIpc) is 2.62. The van der Waals surface area contributed by atoms with Crippen molar-refractivity contribution in [3.8, 4) is 6.07 Å². The van der Waals surface area contributed by atoms with E-state index in [1.165, 1.54) is 24.3 Å². The second kappa shape index (κ2) is 7.16. The van der Waals surface area contributed by atoms with E-state index in [2.05, 4.69) is 10.3 Å². The van der Waals surface area contributed by atoms with Gasteiger partial charge in [0.2, 0.25) is 0 Å². The molecule has 1 aliphatic heterocycles. The summed E-state index contributed by atoms with van der Waals surface area (Å²) in [4.78, 5) is 16.4. The fourth-order valence-corrected chi connectivity index (χ4v) is 2.43. The van der Waals surface area contributed by atoms with Crippen LogP contribution in [-0.4, -0.2) is 11.1 Å². The van der Waals surface area contributed by atoms with Crippen LogP contribution in [0.5, 0.6) is 0 Å². The Morgan fingerprint density at radius 3 is 2.68 bits per heavy atom. The summed E-state index contributed by atoms with van der Waals surface area (Å²) in [6, 6.07) is 14.4. The maximum absolute atomic E-state index is 12.9. The van der Waals surface area contributed by atoms with Gasteiger partial charge in [-0.05, 0) is 29.8 Å². The van der Waals surface area contributed by atoms with Gasteiger partial charge < -0.3 is 10.1 Å². The number of hydrogen-bond acceptors (Lipinski definition) is 5. The van der Waals surface area contributed by atoms with Gasteiger partial charge in [-0.15, -0.1) is 0 Å². The first-order valence-electron chi connectivity index (χ1n) is 7.25. The van der Waals surface area contributed by atoms with Crippen LogP contribution >= 0.6 is 11.6 Å². The molecule has 0 aromatic heterocycles. The van der Waals surface area contributed by atoms with E-state index in [0.717, 1.165) is 0 Å². The molecular weight excluding hydrogens is 345 g/mol. The molecule has 1 N–H and O–H groups in total. The zero-order valence-corrected chi connectivity index (χ0v) is 13.5. The second-order valence-electron chi connectivity index (χ2n) is 5.11. The van der Waals surface area contributed by atoms with Crippen molar-refractivity contribution < 1.29 is 13.9 Å². The topological polar surface area (TPSA) is 74.5 Å². The van der Waals surface area contributed by atoms with E-state index in [0.29, 0.717) is 16.9 Å². The Hall–Kier alpha value is -3.17. The van der Waals surface area contributed by atoms with Gasteiger partial charge in [-0.3, -0.25) is 0 Å². The van der Waals surface area contributed by atoms with Gasteiger partial charge in [0.25, 0.3) is 0 Å². The van der Waals surface area contributed by atoms with Crippen molar-refractivity contribution in [3.63, 3.8) is 0 Å². The van der Waals surface area contributed by atoms with Crippen molar-refractivity contribution in [2.75, 3.05) is 5.32 Å². The van der Waals surface area contributed by atoms with E-state index in [-0.39, 0.29) is 28.9 Å². The number of halogens is 2. The number of benzene rings is 2. The van der Waals surface area contributed by atoms with Crippen molar-refractivity contribution in [2.45, 2.75) is 6.61 Å². The highest BCUT2D eigenvalue weighted by Crippen LogP contribution is 2.32. The van der Waals surface area contributed by atoms with Gasteiger partial charge in [0.05, 0.1) is 11.4 Å². The van der Waals surface area contributed by atoms with Crippen molar-refractivity contribution in [1.82, 2.24) is 0 Å². The number of ether oxygens (including phenoxy) is 1. The second-order valence-corrected chi connectivity index (χ2v) is 5.47. The number of nitriles is 1. The number of hydrogen-bond donors (Lipinski definition) is 1. The number of anilines is 1. The van der Waals surface area contributed by atoms with E-state index in [9.17, 15) is 14.4 Å². The molecule has 1 aliphatic rings. The minimum atomic E-state index is -0.845. The monoisotopic (exact) mass is 355 g/mol. The molecule has 1 heterocycles. The SMILES string of the molecule is N#C/C(C(=O)OCc1ccc(F)cc1)=C1/Nc2ccccc2N=C1Cl. The Kier molecular flexibility index (Phi) is 4.78. The van der Waals surface area contributed by atoms with Gasteiger partial charge in [0.1, 0.15) is 24.2 Å². The predicted octanol–water partition coefficient (Wildman–Crippen LogP) is 4.04. The molecule has 5 nitrogen and oxygen atoms in total. The fourth-order valence-electron chi connectivity index (χ4n) is 2.20. The van der Waals surface area contributed by atoms with E-state index >= 15 is 0 Å². The fraction of sp³-hybridized carbons (Fsp3) is 0.0556. The van der Waals surface area contributed by atoms with Crippen LogP contribution in [-0.2, 0) is 16.1 Å². The molecule has 0 bridgehead atoms. The molecule has 2 aromatic carbocycles. The number of rotatable bonds is 3. The third kappa shape index (κ3) is 3.67. The molecule has 0 saturated carbocycles. The lowest BCUT2D eigenvalue weighted by Gasteiger charge is -2.18. The Labute approximate surface area is 148 Å². The molecule has 3 rings (SSSR count). The minimum absolute atomic E-state index is 0.00557. The number of fused-ring (bicyclic) bond motifs is 1. The summed E-state index contributed by atoms with van der Waals surface area (Å²) in [5.74, 6) is -1.23. The Balaban J connectivity index is 1.82. The first kappa shape index (κ1) is 16.7. The number of aliphatic imine (C=N–C) groups is 1. The van der Waals surface area contributed by atoms with Crippen LogP contribution in [0, 0.1) is 17.1 Å². The van der Waals surface area contributed by atoms with Gasteiger partial charge in [-0.2, -0.15) is 5.26 Å². The van der Waals surface area contributed by atoms with Crippen LogP contribution in [0.25, 0.3) is 0 Å². The van der Waals surface area contributed by atoms with Gasteiger partial charge in [0, 0.05) is 0 Å². The van der Waals surface area contributed by atoms with Gasteiger partial charge >= 0.3 is 5.97 Å². The number of nitrogens with one attached hydrogen (secondary N) is 1. The summed E-state index contributed by atoms with van der Waals surface area (Å²) in [7, 11) is 0. The molecule has 0 radical (unpaired) electrons. The molecule has 7 heteroatoms. The smallest absolute Gasteiger partial charge is 0.351 e. The average molecular weight is 356 g/mol. The summed E-state index contributed by atoms with van der Waals surface area (Å²) < 4.78 is 18.0. The summed E-state index contributed by atoms with van der Waals surface area (Å²) in [6.45, 7) is -0.0943. The van der Waals surface area contributed by atoms with E-state index in [1.54, 1.807) is 30.3 Å². The normalized spacial score (nSPS) is 14.5. The van der Waals surface area contributed by atoms with Gasteiger partial charge in [0.15, 0.2) is 10.7 Å². The molecule has 0 amide bonds. The standard InChI is InChI=1S/C18H11ClFN3O2/c19-17-16(22-14-3-1-2-4-15(14)23-17)13(9-21)18(24)25-10-11-5-7-12(20)8-6-11/h1-8,22H,10H2/b16-13-. The maximum atomic E-state index is 12.9. The lowest BCUT2D eigenvalue weighted by Crippen LogP contribution is -2.18. The van der Waals surface area contributed by atoms with E-state index in [1.807, 2.05) is 0 Å². The van der Waals surface area contributed by atoms with Crippen LogP contribution < -0.4 is 5.32 Å². The molecule has 25 heavy (non-hydrogen) atoms. The van der Waals surface area contributed by atoms with Crippen LogP contribution in [0.3, 0.4) is 0 Å². The predicted molar refractivity (Wildman–Crippen MR) is 91.8 cm³/mol. The zero-order valence-electron chi connectivity index (χ0n) is 12.8. The van der Waals surface area contributed by atoms with Crippen LogP contribution in [0.4, 0.5) is 15.8 Å². The van der Waals surface area contributed by atoms with Crippen molar-refractivity contribution in [2.24, 2.45) is 4.99 Å². The molecular formula is C18H11ClFN3O2. The Morgan fingerprint density at radius 2 is 1.96 bits per heavy atom. The molecule has 0 unspecified atom stereocenters. The lowest BCUT2D eigenvalue weighted by atomic mass is 10.1. The number of carbonyl (C=O) groups excluding carboxylic acids is 1. The van der Waals surface area contributed by atoms with Crippen LogP contribution in [0.1, 0.15) is 5.56 Å². The maximum Gasteiger partial charge on any atom is 0.351 e. The van der Waals surface area contributed by atoms with Crippen LogP contribution in [0.2, 0.25) is 0 Å². The minimum Gasteiger partial charge on any atom is -0.457 e. The summed E-state index contributed by atoms with van der Waals surface area (Å²) >= 11 is 6.09. The molecule has 124 valence electrons.